The molecule has 9 fully saturated rings. The summed E-state index contributed by atoms with van der Waals surface area (Å²) in [7, 11) is 0. The Morgan fingerprint density at radius 1 is 0.340 bits per heavy atom. The maximum Gasteiger partial charge on any atom is 0.0461 e. The van der Waals surface area contributed by atoms with Gasteiger partial charge in [-0.3, -0.25) is 0 Å². The van der Waals surface area contributed by atoms with Crippen molar-refractivity contribution in [2.24, 2.45) is 35.5 Å². The van der Waals surface area contributed by atoms with Crippen LogP contribution in [0.4, 0.5) is 17.1 Å². The van der Waals surface area contributed by atoms with Gasteiger partial charge in [0, 0.05) is 22.5 Å². The third-order valence-corrected chi connectivity index (χ3v) is 16.8. The zero-order valence-corrected chi connectivity index (χ0v) is 32.2. The Morgan fingerprint density at radius 3 is 1.04 bits per heavy atom. The second-order valence-corrected chi connectivity index (χ2v) is 20.1. The second-order valence-electron chi connectivity index (χ2n) is 20.1. The van der Waals surface area contributed by atoms with Crippen LogP contribution in [0, 0.1) is 35.5 Å². The molecule has 0 N–H and O–H groups in total. The molecule has 9 aliphatic carbocycles. The van der Waals surface area contributed by atoms with Gasteiger partial charge in [0.25, 0.3) is 0 Å². The van der Waals surface area contributed by atoms with Crippen LogP contribution in [0.5, 0.6) is 0 Å². The monoisotopic (exact) mass is 699 g/mol. The summed E-state index contributed by atoms with van der Waals surface area (Å²) < 4.78 is 0. The third kappa shape index (κ3) is 5.68. The van der Waals surface area contributed by atoms with Crippen molar-refractivity contribution in [2.45, 2.75) is 138 Å². The Kier molecular flexibility index (Phi) is 8.04. The highest BCUT2D eigenvalue weighted by atomic mass is 15.1. The summed E-state index contributed by atoms with van der Waals surface area (Å²) in [6.07, 6.45) is 26.8. The first kappa shape index (κ1) is 33.1. The molecule has 4 aromatic rings. The fourth-order valence-corrected chi connectivity index (χ4v) is 15.2. The van der Waals surface area contributed by atoms with Gasteiger partial charge in [-0.25, -0.2) is 0 Å². The predicted octanol–water partition coefficient (Wildman–Crippen LogP) is 14.1. The summed E-state index contributed by atoms with van der Waals surface area (Å²) in [6, 6.07) is 41.5. The van der Waals surface area contributed by atoms with Gasteiger partial charge in [-0.15, -0.1) is 0 Å². The molecule has 0 radical (unpaired) electrons. The molecule has 53 heavy (non-hydrogen) atoms. The van der Waals surface area contributed by atoms with Gasteiger partial charge in [0.2, 0.25) is 0 Å². The minimum atomic E-state index is 0.101. The van der Waals surface area contributed by atoms with E-state index in [-0.39, 0.29) is 5.41 Å². The summed E-state index contributed by atoms with van der Waals surface area (Å²) in [5.41, 5.74) is 11.1. The first-order chi connectivity index (χ1) is 26.0. The lowest BCUT2D eigenvalue weighted by molar-refractivity contribution is -0.00529. The van der Waals surface area contributed by atoms with Crippen molar-refractivity contribution in [3.8, 4) is 0 Å². The van der Waals surface area contributed by atoms with Gasteiger partial charge in [-0.1, -0.05) is 98.8 Å². The summed E-state index contributed by atoms with van der Waals surface area (Å²) in [6.45, 7) is 0. The maximum atomic E-state index is 2.57. The Morgan fingerprint density at radius 2 is 0.660 bits per heavy atom. The Labute approximate surface area is 320 Å². The lowest BCUT2D eigenvalue weighted by Gasteiger charge is -2.57. The van der Waals surface area contributed by atoms with E-state index in [1.165, 1.54) is 150 Å². The average molecular weight is 700 g/mol. The quantitative estimate of drug-likeness (QED) is 0.186. The van der Waals surface area contributed by atoms with Crippen LogP contribution < -0.4 is 4.90 Å². The molecule has 4 aromatic carbocycles. The highest BCUT2D eigenvalue weighted by molar-refractivity contribution is 5.77. The minimum Gasteiger partial charge on any atom is -0.311 e. The van der Waals surface area contributed by atoms with Gasteiger partial charge >= 0.3 is 0 Å². The van der Waals surface area contributed by atoms with Gasteiger partial charge in [-0.2, -0.15) is 0 Å². The molecule has 0 spiro atoms. The second kappa shape index (κ2) is 12.9. The molecule has 1 nitrogen and oxygen atoms in total. The molecule has 9 saturated carbocycles. The zero-order valence-electron chi connectivity index (χ0n) is 32.2. The Balaban J connectivity index is 0.958. The van der Waals surface area contributed by atoms with E-state index in [1.54, 1.807) is 11.1 Å². The van der Waals surface area contributed by atoms with Crippen molar-refractivity contribution < 1.29 is 0 Å². The fourth-order valence-electron chi connectivity index (χ4n) is 15.2. The van der Waals surface area contributed by atoms with Crippen LogP contribution in [0.3, 0.4) is 0 Å². The van der Waals surface area contributed by atoms with E-state index in [2.05, 4.69) is 108 Å². The molecule has 8 bridgehead atoms. The molecule has 0 atom stereocenters. The molecule has 274 valence electrons. The largest absolute Gasteiger partial charge is 0.311 e. The number of nitrogens with zero attached hydrogens (tertiary/aromatic N) is 1. The van der Waals surface area contributed by atoms with Crippen molar-refractivity contribution in [2.75, 3.05) is 4.90 Å². The summed E-state index contributed by atoms with van der Waals surface area (Å²) in [5, 5.41) is 0. The summed E-state index contributed by atoms with van der Waals surface area (Å²) in [4.78, 5) is 2.57. The van der Waals surface area contributed by atoms with Crippen LogP contribution in [0.2, 0.25) is 0 Å². The maximum absolute atomic E-state index is 2.57. The summed E-state index contributed by atoms with van der Waals surface area (Å²) >= 11 is 0. The molecule has 0 amide bonds. The van der Waals surface area contributed by atoms with Gasteiger partial charge in [0.05, 0.1) is 0 Å². The molecule has 0 unspecified atom stereocenters. The smallest absolute Gasteiger partial charge is 0.0461 e. The van der Waals surface area contributed by atoms with Crippen molar-refractivity contribution in [3.63, 3.8) is 0 Å². The molecule has 0 aliphatic heterocycles. The van der Waals surface area contributed by atoms with E-state index >= 15 is 0 Å². The van der Waals surface area contributed by atoms with Gasteiger partial charge in [-0.05, 0) is 195 Å². The molecule has 0 aromatic heterocycles. The van der Waals surface area contributed by atoms with Crippen LogP contribution in [0.1, 0.15) is 144 Å². The average Bonchev–Trinajstić information content (AvgIpc) is 3.15. The Hall–Kier alpha value is -3.32. The number of hydrogen-bond acceptors (Lipinski definition) is 1. The SMILES string of the molecule is c1ccc(C2(c3ccc(N(c4ccc(C56CC7CC(CC(C7)C5)C6)cc4)c4ccc(C56CC7CC(CC(C7)C5)C6)cc4)cc3)CCCCCCC2)cc1. The van der Waals surface area contributed by atoms with Crippen LogP contribution in [0.15, 0.2) is 103 Å². The van der Waals surface area contributed by atoms with E-state index in [0.717, 1.165) is 35.5 Å². The number of rotatable bonds is 7. The van der Waals surface area contributed by atoms with Crippen LogP contribution in [-0.2, 0) is 16.2 Å². The zero-order chi connectivity index (χ0) is 35.0. The minimum absolute atomic E-state index is 0.101. The van der Waals surface area contributed by atoms with Crippen LogP contribution in [0.25, 0.3) is 0 Å². The first-order valence-electron chi connectivity index (χ1n) is 22.2. The highest BCUT2D eigenvalue weighted by Gasteiger charge is 2.53. The molecule has 9 aliphatic rings. The van der Waals surface area contributed by atoms with Crippen molar-refractivity contribution in [3.05, 3.63) is 125 Å². The van der Waals surface area contributed by atoms with Gasteiger partial charge in [0.1, 0.15) is 0 Å². The lowest BCUT2D eigenvalue weighted by atomic mass is 9.48. The molecular formula is C52H61N. The Bertz CT molecular complexity index is 1730. The normalized spacial score (nSPS) is 35.2. The van der Waals surface area contributed by atoms with Crippen molar-refractivity contribution in [1.29, 1.82) is 0 Å². The van der Waals surface area contributed by atoms with Crippen LogP contribution in [-0.4, -0.2) is 0 Å². The molecular weight excluding hydrogens is 639 g/mol. The van der Waals surface area contributed by atoms with E-state index < -0.39 is 0 Å². The molecule has 13 rings (SSSR count). The van der Waals surface area contributed by atoms with E-state index in [1.807, 2.05) is 0 Å². The third-order valence-electron chi connectivity index (χ3n) is 16.8. The predicted molar refractivity (Wildman–Crippen MR) is 220 cm³/mol. The standard InChI is InChI=1S/C52H61N/c1-2-7-23-52(24-8-3-1,45-9-5-4-6-10-45)46-15-21-49(22-16-46)53(47-17-11-43(12-18-47)50-31-37-25-38(32-50)27-39(26-37)33-50)48-19-13-44(14-20-48)51-34-40-28-41(35-51)30-42(29-40)36-51/h4-6,9-22,37-42H,1-3,7-8,23-36H2. The highest BCUT2D eigenvalue weighted by Crippen LogP contribution is 2.62. The lowest BCUT2D eigenvalue weighted by Crippen LogP contribution is -2.48. The van der Waals surface area contributed by atoms with E-state index in [0.29, 0.717) is 10.8 Å². The molecule has 1 heteroatoms. The first-order valence-corrected chi connectivity index (χ1v) is 22.2. The molecule has 0 saturated heterocycles. The van der Waals surface area contributed by atoms with Crippen LogP contribution >= 0.6 is 0 Å². The topological polar surface area (TPSA) is 3.24 Å². The van der Waals surface area contributed by atoms with Gasteiger partial charge < -0.3 is 4.90 Å². The van der Waals surface area contributed by atoms with E-state index in [4.69, 9.17) is 0 Å². The number of benzene rings is 4. The fraction of sp³-hybridized carbons (Fsp3) is 0.538. The molecule has 0 heterocycles. The van der Waals surface area contributed by atoms with Crippen molar-refractivity contribution in [1.82, 2.24) is 0 Å². The van der Waals surface area contributed by atoms with E-state index in [9.17, 15) is 0 Å². The number of hydrogen-bond donors (Lipinski definition) is 0. The number of anilines is 3. The summed E-state index contributed by atoms with van der Waals surface area (Å²) in [5.74, 6) is 5.84. The van der Waals surface area contributed by atoms with Crippen molar-refractivity contribution >= 4 is 17.1 Å². The van der Waals surface area contributed by atoms with Gasteiger partial charge in [0.15, 0.2) is 0 Å².